The number of hydrogen-bond donors (Lipinski definition) is 1. The van der Waals surface area contributed by atoms with Crippen LogP contribution in [0.5, 0.6) is 0 Å². The van der Waals surface area contributed by atoms with Crippen molar-refractivity contribution in [1.29, 1.82) is 0 Å². The van der Waals surface area contributed by atoms with E-state index in [4.69, 9.17) is 4.42 Å². The van der Waals surface area contributed by atoms with Crippen molar-refractivity contribution in [1.82, 2.24) is 5.32 Å². The number of furan rings is 1. The number of benzene rings is 2. The fourth-order valence-electron chi connectivity index (χ4n) is 3.28. The molecule has 24 heavy (non-hydrogen) atoms. The van der Waals surface area contributed by atoms with Crippen LogP contribution in [0.1, 0.15) is 12.2 Å². The second kappa shape index (κ2) is 5.63. The van der Waals surface area contributed by atoms with Gasteiger partial charge in [0, 0.05) is 11.4 Å². The first-order chi connectivity index (χ1) is 11.5. The van der Waals surface area contributed by atoms with E-state index in [0.29, 0.717) is 12.2 Å². The molecule has 1 N–H and O–H groups in total. The van der Waals surface area contributed by atoms with Gasteiger partial charge in [0.15, 0.2) is 9.84 Å². The maximum atomic E-state index is 12.2. The molecule has 1 aliphatic heterocycles. The minimum atomic E-state index is -3.00. The number of carbonyl (C=O) groups excluding carboxylic acids is 1. The molecule has 0 unspecified atom stereocenters. The molecule has 1 aliphatic rings. The molecule has 0 spiro atoms. The normalized spacial score (nSPS) is 19.8. The molecule has 6 heteroatoms. The van der Waals surface area contributed by atoms with Crippen LogP contribution >= 0.6 is 0 Å². The molecule has 1 aromatic heterocycles. The minimum Gasteiger partial charge on any atom is -0.461 e. The molecular weight excluding hydrogens is 326 g/mol. The number of sulfone groups is 1. The second-order valence-electron chi connectivity index (χ2n) is 6.26. The third-order valence-corrected chi connectivity index (χ3v) is 6.18. The summed E-state index contributed by atoms with van der Waals surface area (Å²) in [5.74, 6) is 0.554. The topological polar surface area (TPSA) is 76.4 Å². The van der Waals surface area contributed by atoms with Gasteiger partial charge < -0.3 is 9.73 Å². The Bertz CT molecular complexity index is 1040. The molecule has 1 saturated heterocycles. The van der Waals surface area contributed by atoms with Gasteiger partial charge in [-0.3, -0.25) is 4.79 Å². The molecule has 0 saturated carbocycles. The summed E-state index contributed by atoms with van der Waals surface area (Å²) in [5, 5.41) is 5.99. The number of amides is 1. The van der Waals surface area contributed by atoms with Crippen LogP contribution in [0.4, 0.5) is 0 Å². The Morgan fingerprint density at radius 1 is 1.17 bits per heavy atom. The van der Waals surface area contributed by atoms with E-state index in [1.807, 2.05) is 42.5 Å². The molecule has 5 nitrogen and oxygen atoms in total. The van der Waals surface area contributed by atoms with Gasteiger partial charge in [-0.15, -0.1) is 0 Å². The third-order valence-electron chi connectivity index (χ3n) is 4.41. The Balaban J connectivity index is 1.54. The minimum absolute atomic E-state index is 0.0313. The molecule has 0 bridgehead atoms. The monoisotopic (exact) mass is 343 g/mol. The summed E-state index contributed by atoms with van der Waals surface area (Å²) in [6.45, 7) is 0. The third kappa shape index (κ3) is 2.89. The number of hydrogen-bond acceptors (Lipinski definition) is 4. The van der Waals surface area contributed by atoms with Crippen molar-refractivity contribution in [3.8, 4) is 0 Å². The highest BCUT2D eigenvalue weighted by molar-refractivity contribution is 7.91. The van der Waals surface area contributed by atoms with E-state index in [1.165, 1.54) is 0 Å². The highest BCUT2D eigenvalue weighted by Crippen LogP contribution is 2.28. The van der Waals surface area contributed by atoms with Crippen LogP contribution in [-0.4, -0.2) is 31.9 Å². The zero-order chi connectivity index (χ0) is 16.7. The van der Waals surface area contributed by atoms with Gasteiger partial charge in [-0.2, -0.15) is 0 Å². The van der Waals surface area contributed by atoms with Gasteiger partial charge in [0.05, 0.1) is 17.9 Å². The number of nitrogens with one attached hydrogen (secondary N) is 1. The van der Waals surface area contributed by atoms with Gasteiger partial charge in [0.2, 0.25) is 5.91 Å². The van der Waals surface area contributed by atoms with Crippen molar-refractivity contribution in [3.05, 3.63) is 48.2 Å². The van der Waals surface area contributed by atoms with Crippen LogP contribution in [0, 0.1) is 0 Å². The predicted octanol–water partition coefficient (Wildman–Crippen LogP) is 2.43. The lowest BCUT2D eigenvalue weighted by atomic mass is 10.1. The molecule has 3 aromatic rings. The lowest BCUT2D eigenvalue weighted by molar-refractivity contribution is -0.121. The standard InChI is InChI=1S/C18H17NO4S/c20-18(19-13-7-8-24(21,22)11-13)10-14-9-16-15-4-2-1-3-12(15)5-6-17(16)23-14/h1-6,9,13H,7-8,10-11H2,(H,19,20)/t13-/m0/s1. The van der Waals surface area contributed by atoms with E-state index >= 15 is 0 Å². The second-order valence-corrected chi connectivity index (χ2v) is 8.48. The number of rotatable bonds is 3. The van der Waals surface area contributed by atoms with Crippen LogP contribution < -0.4 is 5.32 Å². The number of carbonyl (C=O) groups is 1. The molecule has 1 atom stereocenters. The zero-order valence-electron chi connectivity index (χ0n) is 13.0. The predicted molar refractivity (Wildman–Crippen MR) is 92.6 cm³/mol. The molecular formula is C18H17NO4S. The van der Waals surface area contributed by atoms with Crippen LogP contribution in [0.3, 0.4) is 0 Å². The van der Waals surface area contributed by atoms with E-state index in [-0.39, 0.29) is 29.9 Å². The summed E-state index contributed by atoms with van der Waals surface area (Å²) in [6.07, 6.45) is 0.596. The van der Waals surface area contributed by atoms with E-state index in [0.717, 1.165) is 21.7 Å². The molecule has 4 rings (SSSR count). The summed E-state index contributed by atoms with van der Waals surface area (Å²) < 4.78 is 28.7. The smallest absolute Gasteiger partial charge is 0.227 e. The van der Waals surface area contributed by atoms with Crippen molar-refractivity contribution in [2.75, 3.05) is 11.5 Å². The van der Waals surface area contributed by atoms with E-state index in [2.05, 4.69) is 5.32 Å². The summed E-state index contributed by atoms with van der Waals surface area (Å²) in [6, 6.07) is 13.5. The Labute approximate surface area is 139 Å². The first-order valence-corrected chi connectivity index (χ1v) is 9.72. The van der Waals surface area contributed by atoms with E-state index < -0.39 is 9.84 Å². The fourth-order valence-corrected chi connectivity index (χ4v) is 4.95. The Morgan fingerprint density at radius 3 is 2.79 bits per heavy atom. The van der Waals surface area contributed by atoms with E-state index in [1.54, 1.807) is 0 Å². The Kier molecular flexibility index (Phi) is 3.57. The average Bonchev–Trinajstić information content (AvgIpc) is 3.09. The zero-order valence-corrected chi connectivity index (χ0v) is 13.8. The van der Waals surface area contributed by atoms with Crippen LogP contribution in [0.25, 0.3) is 21.7 Å². The Morgan fingerprint density at radius 2 is 2.00 bits per heavy atom. The van der Waals surface area contributed by atoms with Gasteiger partial charge in [-0.05, 0) is 29.3 Å². The average molecular weight is 343 g/mol. The van der Waals surface area contributed by atoms with Gasteiger partial charge in [-0.1, -0.05) is 30.3 Å². The summed E-state index contributed by atoms with van der Waals surface area (Å²) >= 11 is 0. The lowest BCUT2D eigenvalue weighted by Crippen LogP contribution is -2.36. The summed E-state index contributed by atoms with van der Waals surface area (Å²) in [4.78, 5) is 12.2. The highest BCUT2D eigenvalue weighted by atomic mass is 32.2. The van der Waals surface area contributed by atoms with Gasteiger partial charge in [0.25, 0.3) is 0 Å². The van der Waals surface area contributed by atoms with Gasteiger partial charge in [0.1, 0.15) is 11.3 Å². The molecule has 0 aliphatic carbocycles. The van der Waals surface area contributed by atoms with Crippen LogP contribution in [0.2, 0.25) is 0 Å². The van der Waals surface area contributed by atoms with Crippen molar-refractivity contribution < 1.29 is 17.6 Å². The van der Waals surface area contributed by atoms with Crippen molar-refractivity contribution in [2.45, 2.75) is 18.9 Å². The molecule has 0 radical (unpaired) electrons. The lowest BCUT2D eigenvalue weighted by Gasteiger charge is -2.09. The fraction of sp³-hybridized carbons (Fsp3) is 0.278. The maximum absolute atomic E-state index is 12.2. The largest absolute Gasteiger partial charge is 0.461 e. The first-order valence-electron chi connectivity index (χ1n) is 7.90. The molecule has 1 fully saturated rings. The SMILES string of the molecule is O=C(Cc1cc2c(ccc3ccccc32)o1)N[C@H]1CCS(=O)(=O)C1. The van der Waals surface area contributed by atoms with E-state index in [9.17, 15) is 13.2 Å². The van der Waals surface area contributed by atoms with Gasteiger partial charge in [-0.25, -0.2) is 8.42 Å². The molecule has 2 heterocycles. The van der Waals surface area contributed by atoms with Crippen molar-refractivity contribution in [3.63, 3.8) is 0 Å². The molecule has 1 amide bonds. The van der Waals surface area contributed by atoms with Gasteiger partial charge >= 0.3 is 0 Å². The Hall–Kier alpha value is -2.34. The first kappa shape index (κ1) is 15.2. The van der Waals surface area contributed by atoms with Crippen molar-refractivity contribution >= 4 is 37.5 Å². The number of fused-ring (bicyclic) bond motifs is 3. The van der Waals surface area contributed by atoms with Crippen molar-refractivity contribution in [2.24, 2.45) is 0 Å². The van der Waals surface area contributed by atoms with Crippen LogP contribution in [0.15, 0.2) is 46.9 Å². The quantitative estimate of drug-likeness (QED) is 0.792. The highest BCUT2D eigenvalue weighted by Gasteiger charge is 2.29. The molecule has 2 aromatic carbocycles. The molecule has 124 valence electrons. The van der Waals surface area contributed by atoms with Crippen LogP contribution in [-0.2, 0) is 21.1 Å². The summed E-state index contributed by atoms with van der Waals surface area (Å²) in [7, 11) is -3.00. The summed E-state index contributed by atoms with van der Waals surface area (Å²) in [5.41, 5.74) is 0.750. The maximum Gasteiger partial charge on any atom is 0.227 e.